The number of benzene rings is 2. The molecule has 0 spiro atoms. The van der Waals surface area contributed by atoms with Crippen LogP contribution in [-0.4, -0.2) is 40.4 Å². The zero-order valence-corrected chi connectivity index (χ0v) is 18.4. The second-order valence-electron chi connectivity index (χ2n) is 7.09. The van der Waals surface area contributed by atoms with Crippen LogP contribution in [0.15, 0.2) is 56.2 Å². The van der Waals surface area contributed by atoms with Gasteiger partial charge < -0.3 is 23.7 Å². The summed E-state index contributed by atoms with van der Waals surface area (Å²) in [7, 11) is 0. The molecule has 172 valence electrons. The predicted molar refractivity (Wildman–Crippen MR) is 119 cm³/mol. The van der Waals surface area contributed by atoms with Crippen LogP contribution < -0.4 is 20.5 Å². The summed E-state index contributed by atoms with van der Waals surface area (Å²) in [5.74, 6) is 0.360. The summed E-state index contributed by atoms with van der Waals surface area (Å²) >= 11 is 0. The fourth-order valence-corrected chi connectivity index (χ4v) is 3.36. The van der Waals surface area contributed by atoms with Gasteiger partial charge in [0.2, 0.25) is 0 Å². The molecular weight excluding hydrogens is 428 g/mol. The van der Waals surface area contributed by atoms with Crippen LogP contribution in [0.4, 0.5) is 0 Å². The Bertz CT molecular complexity index is 1310. The first-order valence-corrected chi connectivity index (χ1v) is 10.7. The van der Waals surface area contributed by atoms with E-state index in [1.807, 2.05) is 32.0 Å². The van der Waals surface area contributed by atoms with E-state index in [1.54, 1.807) is 24.3 Å². The van der Waals surface area contributed by atoms with E-state index in [0.29, 0.717) is 48.8 Å². The van der Waals surface area contributed by atoms with Crippen LogP contribution in [-0.2, 0) is 13.0 Å². The number of fused-ring (bicyclic) bond motifs is 1. The third-order valence-electron chi connectivity index (χ3n) is 4.84. The van der Waals surface area contributed by atoms with Gasteiger partial charge in [0, 0.05) is 6.54 Å². The Hall–Kier alpha value is -4.08. The summed E-state index contributed by atoms with van der Waals surface area (Å²) in [5, 5.41) is 6.56. The number of oxazole rings is 1. The first-order chi connectivity index (χ1) is 16.1. The molecule has 10 heteroatoms. The topological polar surface area (TPSA) is 122 Å². The van der Waals surface area contributed by atoms with Gasteiger partial charge in [-0.1, -0.05) is 23.4 Å². The summed E-state index contributed by atoms with van der Waals surface area (Å²) in [6.45, 7) is 5.29. The molecule has 1 N–H and O–H groups in total. The highest BCUT2D eigenvalue weighted by molar-refractivity contribution is 5.89. The van der Waals surface area contributed by atoms with Crippen molar-refractivity contribution in [2.45, 2.75) is 26.8 Å². The second-order valence-corrected chi connectivity index (χ2v) is 7.09. The Balaban J connectivity index is 1.36. The fraction of sp³-hybridized carbons (Fsp3) is 0.304. The van der Waals surface area contributed by atoms with Crippen molar-refractivity contribution in [1.82, 2.24) is 20.0 Å². The van der Waals surface area contributed by atoms with E-state index in [4.69, 9.17) is 18.4 Å². The molecule has 2 aromatic carbocycles. The van der Waals surface area contributed by atoms with E-state index in [-0.39, 0.29) is 18.3 Å². The van der Waals surface area contributed by atoms with Crippen molar-refractivity contribution >= 4 is 17.0 Å². The zero-order chi connectivity index (χ0) is 23.2. The third-order valence-corrected chi connectivity index (χ3v) is 4.84. The van der Waals surface area contributed by atoms with Gasteiger partial charge in [-0.15, -0.1) is 0 Å². The van der Waals surface area contributed by atoms with Gasteiger partial charge in [0.05, 0.1) is 25.3 Å². The van der Waals surface area contributed by atoms with E-state index in [0.717, 1.165) is 5.56 Å². The van der Waals surface area contributed by atoms with Gasteiger partial charge in [-0.3, -0.25) is 9.36 Å². The number of hydrogen-bond donors (Lipinski definition) is 1. The van der Waals surface area contributed by atoms with Crippen molar-refractivity contribution in [2.75, 3.05) is 19.8 Å². The first-order valence-electron chi connectivity index (χ1n) is 10.7. The molecule has 0 aliphatic carbocycles. The lowest BCUT2D eigenvalue weighted by atomic mass is 10.1. The predicted octanol–water partition coefficient (Wildman–Crippen LogP) is 2.80. The lowest BCUT2D eigenvalue weighted by molar-refractivity contribution is 0.0910. The number of hydrogen-bond acceptors (Lipinski definition) is 8. The standard InChI is InChI=1S/C23H24N4O6/c1-3-30-18-10-9-15(13-19(18)31-4-2)11-12-24-21(28)22-25-20(26-33-22)14-27-16-7-5-6-8-17(16)32-23(27)29/h5-10,13H,3-4,11-12,14H2,1-2H3,(H,24,28). The maximum absolute atomic E-state index is 12.4. The van der Waals surface area contributed by atoms with Gasteiger partial charge >= 0.3 is 17.6 Å². The van der Waals surface area contributed by atoms with Crippen LogP contribution >= 0.6 is 0 Å². The number of ether oxygens (including phenoxy) is 2. The van der Waals surface area contributed by atoms with Crippen LogP contribution in [0.3, 0.4) is 0 Å². The SMILES string of the molecule is CCOc1ccc(CCNC(=O)c2nc(Cn3c(=O)oc4ccccc43)no2)cc1OCC. The number of para-hydroxylation sites is 2. The van der Waals surface area contributed by atoms with Crippen LogP contribution in [0.2, 0.25) is 0 Å². The Kier molecular flexibility index (Phi) is 6.72. The number of rotatable bonds is 10. The van der Waals surface area contributed by atoms with Gasteiger partial charge in [-0.25, -0.2) is 4.79 Å². The molecule has 0 saturated heterocycles. The highest BCUT2D eigenvalue weighted by atomic mass is 16.5. The Morgan fingerprint density at radius 3 is 2.70 bits per heavy atom. The van der Waals surface area contributed by atoms with E-state index >= 15 is 0 Å². The highest BCUT2D eigenvalue weighted by Gasteiger charge is 2.17. The molecule has 33 heavy (non-hydrogen) atoms. The molecule has 4 rings (SSSR count). The van der Waals surface area contributed by atoms with E-state index < -0.39 is 11.7 Å². The Morgan fingerprint density at radius 2 is 1.88 bits per heavy atom. The molecule has 1 amide bonds. The summed E-state index contributed by atoms with van der Waals surface area (Å²) in [5.41, 5.74) is 2.06. The van der Waals surface area contributed by atoms with Crippen LogP contribution in [0.25, 0.3) is 11.1 Å². The van der Waals surface area contributed by atoms with Crippen molar-refractivity contribution in [1.29, 1.82) is 0 Å². The van der Waals surface area contributed by atoms with E-state index in [1.165, 1.54) is 4.57 Å². The quantitative estimate of drug-likeness (QED) is 0.390. The average molecular weight is 452 g/mol. The minimum Gasteiger partial charge on any atom is -0.490 e. The number of carbonyl (C=O) groups is 1. The van der Waals surface area contributed by atoms with Crippen LogP contribution in [0.5, 0.6) is 11.5 Å². The average Bonchev–Trinajstić information content (AvgIpc) is 3.40. The normalized spacial score (nSPS) is 11.0. The number of amides is 1. The molecule has 4 aromatic rings. The Morgan fingerprint density at radius 1 is 1.09 bits per heavy atom. The minimum atomic E-state index is -0.534. The molecule has 2 heterocycles. The lowest BCUT2D eigenvalue weighted by Crippen LogP contribution is -2.26. The second kappa shape index (κ2) is 10.0. The smallest absolute Gasteiger partial charge is 0.420 e. The lowest BCUT2D eigenvalue weighted by Gasteiger charge is -2.12. The van der Waals surface area contributed by atoms with Crippen LogP contribution in [0, 0.1) is 0 Å². The van der Waals surface area contributed by atoms with E-state index in [2.05, 4.69) is 15.5 Å². The van der Waals surface area contributed by atoms with Crippen LogP contribution in [0.1, 0.15) is 35.9 Å². The number of nitrogens with one attached hydrogen (secondary N) is 1. The summed E-state index contributed by atoms with van der Waals surface area (Å²) in [6, 6.07) is 12.7. The van der Waals surface area contributed by atoms with Crippen molar-refractivity contribution in [3.05, 3.63) is 70.3 Å². The van der Waals surface area contributed by atoms with Gasteiger partial charge in [0.15, 0.2) is 22.9 Å². The highest BCUT2D eigenvalue weighted by Crippen LogP contribution is 2.28. The number of carbonyl (C=O) groups excluding carboxylic acids is 1. The van der Waals surface area contributed by atoms with Crippen molar-refractivity contribution in [3.8, 4) is 11.5 Å². The largest absolute Gasteiger partial charge is 0.490 e. The molecule has 0 atom stereocenters. The maximum atomic E-state index is 12.4. The molecule has 10 nitrogen and oxygen atoms in total. The maximum Gasteiger partial charge on any atom is 0.420 e. The molecule has 0 unspecified atom stereocenters. The number of nitrogens with zero attached hydrogens (tertiary/aromatic N) is 3. The summed E-state index contributed by atoms with van der Waals surface area (Å²) in [6.07, 6.45) is 0.579. The molecular formula is C23H24N4O6. The minimum absolute atomic E-state index is 0.0268. The molecule has 0 bridgehead atoms. The molecule has 0 fully saturated rings. The monoisotopic (exact) mass is 452 g/mol. The fourth-order valence-electron chi connectivity index (χ4n) is 3.36. The van der Waals surface area contributed by atoms with E-state index in [9.17, 15) is 9.59 Å². The molecule has 0 saturated carbocycles. The van der Waals surface area contributed by atoms with Crippen molar-refractivity contribution < 1.29 is 23.2 Å². The third kappa shape index (κ3) is 5.05. The van der Waals surface area contributed by atoms with Gasteiger partial charge in [-0.2, -0.15) is 4.98 Å². The Labute approximate surface area is 189 Å². The first kappa shape index (κ1) is 22.1. The van der Waals surface area contributed by atoms with Gasteiger partial charge in [-0.05, 0) is 50.1 Å². The molecule has 0 aliphatic rings. The zero-order valence-electron chi connectivity index (χ0n) is 18.4. The molecule has 0 radical (unpaired) electrons. The van der Waals surface area contributed by atoms with Crippen molar-refractivity contribution in [2.24, 2.45) is 0 Å². The summed E-state index contributed by atoms with van der Waals surface area (Å²) < 4.78 is 22.8. The molecule has 0 aliphatic heterocycles. The van der Waals surface area contributed by atoms with Gasteiger partial charge in [0.25, 0.3) is 0 Å². The molecule has 2 aromatic heterocycles. The van der Waals surface area contributed by atoms with Gasteiger partial charge in [0.1, 0.15) is 0 Å². The summed E-state index contributed by atoms with van der Waals surface area (Å²) in [4.78, 5) is 28.6. The number of aromatic nitrogens is 3. The van der Waals surface area contributed by atoms with Crippen molar-refractivity contribution in [3.63, 3.8) is 0 Å².